The summed E-state index contributed by atoms with van der Waals surface area (Å²) in [5.74, 6) is 0.517. The maximum atomic E-state index is 12.9. The van der Waals surface area contributed by atoms with Crippen LogP contribution < -0.4 is 0 Å². The standard InChI is InChI=1S/C20H28N4O2S/c1-22-13-18(17-6-4-3-5-7-17)12-20(15-22)8-10-24(11-9-20)27(25,26)19-14-23(2)16-21-19/h3-7,14,16,18H,8-13,15H2,1-2H3/t18-/m0/s1. The number of aryl methyl sites for hydroxylation is 1. The normalized spacial score (nSPS) is 24.3. The second-order valence-corrected chi connectivity index (χ2v) is 10.2. The topological polar surface area (TPSA) is 58.4 Å². The molecule has 2 aliphatic heterocycles. The van der Waals surface area contributed by atoms with Crippen molar-refractivity contribution in [2.45, 2.75) is 30.2 Å². The van der Waals surface area contributed by atoms with E-state index in [2.05, 4.69) is 47.3 Å². The van der Waals surface area contributed by atoms with Gasteiger partial charge in [-0.3, -0.25) is 0 Å². The Hall–Kier alpha value is -1.70. The van der Waals surface area contributed by atoms with Crippen LogP contribution in [0, 0.1) is 5.41 Å². The molecule has 1 spiro atoms. The average Bonchev–Trinajstić information content (AvgIpc) is 3.09. The van der Waals surface area contributed by atoms with Crippen molar-refractivity contribution < 1.29 is 8.42 Å². The molecule has 2 aliphatic rings. The van der Waals surface area contributed by atoms with Gasteiger partial charge in [0.15, 0.2) is 5.03 Å². The summed E-state index contributed by atoms with van der Waals surface area (Å²) in [6.45, 7) is 3.28. The summed E-state index contributed by atoms with van der Waals surface area (Å²) in [5.41, 5.74) is 1.59. The minimum absolute atomic E-state index is 0.156. The monoisotopic (exact) mass is 388 g/mol. The molecule has 3 heterocycles. The van der Waals surface area contributed by atoms with Crippen molar-refractivity contribution in [3.63, 3.8) is 0 Å². The van der Waals surface area contributed by atoms with E-state index in [1.807, 2.05) is 0 Å². The van der Waals surface area contributed by atoms with Gasteiger partial charge >= 0.3 is 0 Å². The summed E-state index contributed by atoms with van der Waals surface area (Å²) in [7, 11) is 0.491. The van der Waals surface area contributed by atoms with E-state index in [0.717, 1.165) is 32.4 Å². The first-order valence-corrected chi connectivity index (χ1v) is 11.0. The van der Waals surface area contributed by atoms with Crippen molar-refractivity contribution in [1.29, 1.82) is 0 Å². The molecule has 0 aliphatic carbocycles. The van der Waals surface area contributed by atoms with Gasteiger partial charge in [-0.05, 0) is 43.2 Å². The minimum Gasteiger partial charge on any atom is -0.339 e. The van der Waals surface area contributed by atoms with Crippen LogP contribution in [0.2, 0.25) is 0 Å². The highest BCUT2D eigenvalue weighted by Crippen LogP contribution is 2.45. The summed E-state index contributed by atoms with van der Waals surface area (Å²) < 4.78 is 29.0. The number of likely N-dealkylation sites (N-methyl/N-ethyl adjacent to an activating group) is 1. The molecule has 7 heteroatoms. The lowest BCUT2D eigenvalue weighted by Crippen LogP contribution is -2.51. The van der Waals surface area contributed by atoms with Crippen molar-refractivity contribution in [2.75, 3.05) is 33.2 Å². The lowest BCUT2D eigenvalue weighted by atomic mass is 9.68. The molecule has 146 valence electrons. The third-order valence-corrected chi connectivity index (χ3v) is 7.94. The highest BCUT2D eigenvalue weighted by atomic mass is 32.2. The molecule has 1 aromatic heterocycles. The Morgan fingerprint density at radius 1 is 1.11 bits per heavy atom. The molecule has 2 aromatic rings. The number of rotatable bonds is 3. The lowest BCUT2D eigenvalue weighted by molar-refractivity contribution is 0.0440. The first-order valence-electron chi connectivity index (χ1n) is 9.60. The van der Waals surface area contributed by atoms with Gasteiger partial charge in [0.1, 0.15) is 0 Å². The highest BCUT2D eigenvalue weighted by Gasteiger charge is 2.43. The van der Waals surface area contributed by atoms with Crippen molar-refractivity contribution >= 4 is 10.0 Å². The molecular formula is C20H28N4O2S. The van der Waals surface area contributed by atoms with E-state index in [1.54, 1.807) is 28.4 Å². The van der Waals surface area contributed by atoms with Crippen LogP contribution in [-0.4, -0.2) is 60.4 Å². The predicted octanol–water partition coefficient (Wildman–Crippen LogP) is 2.31. The molecule has 0 radical (unpaired) electrons. The zero-order valence-corrected chi connectivity index (χ0v) is 16.9. The van der Waals surface area contributed by atoms with Crippen molar-refractivity contribution in [2.24, 2.45) is 12.5 Å². The van der Waals surface area contributed by atoms with Gasteiger partial charge in [0, 0.05) is 39.4 Å². The molecule has 27 heavy (non-hydrogen) atoms. The fraction of sp³-hybridized carbons (Fsp3) is 0.550. The number of likely N-dealkylation sites (tertiary alicyclic amines) is 1. The third kappa shape index (κ3) is 3.68. The number of imidazole rings is 1. The number of nitrogens with zero attached hydrogens (tertiary/aromatic N) is 4. The Labute approximate surface area is 161 Å². The van der Waals surface area contributed by atoms with Crippen molar-refractivity contribution in [1.82, 2.24) is 18.8 Å². The van der Waals surface area contributed by atoms with Crippen LogP contribution in [0.4, 0.5) is 0 Å². The van der Waals surface area contributed by atoms with Crippen LogP contribution in [0.25, 0.3) is 0 Å². The van der Waals surface area contributed by atoms with E-state index in [-0.39, 0.29) is 10.4 Å². The van der Waals surface area contributed by atoms with E-state index in [4.69, 9.17) is 0 Å². The van der Waals surface area contributed by atoms with E-state index >= 15 is 0 Å². The number of sulfonamides is 1. The summed E-state index contributed by atoms with van der Waals surface area (Å²) in [4.78, 5) is 6.48. The quantitative estimate of drug-likeness (QED) is 0.810. The Morgan fingerprint density at radius 3 is 2.44 bits per heavy atom. The Morgan fingerprint density at radius 2 is 1.81 bits per heavy atom. The largest absolute Gasteiger partial charge is 0.339 e. The van der Waals surface area contributed by atoms with E-state index in [0.29, 0.717) is 19.0 Å². The van der Waals surface area contributed by atoms with Gasteiger partial charge < -0.3 is 9.47 Å². The molecule has 0 bridgehead atoms. The first kappa shape index (κ1) is 18.7. The predicted molar refractivity (Wildman–Crippen MR) is 105 cm³/mol. The zero-order chi connectivity index (χ0) is 19.1. The second-order valence-electron chi connectivity index (χ2n) is 8.29. The summed E-state index contributed by atoms with van der Waals surface area (Å²) in [6.07, 6.45) is 6.08. The number of benzene rings is 1. The van der Waals surface area contributed by atoms with Gasteiger partial charge in [0.05, 0.1) is 6.33 Å². The lowest BCUT2D eigenvalue weighted by Gasteiger charge is -2.49. The van der Waals surface area contributed by atoms with E-state index in [9.17, 15) is 8.42 Å². The molecule has 6 nitrogen and oxygen atoms in total. The van der Waals surface area contributed by atoms with Gasteiger partial charge in [0.2, 0.25) is 0 Å². The van der Waals surface area contributed by atoms with Gasteiger partial charge in [-0.25, -0.2) is 13.4 Å². The molecule has 0 N–H and O–H groups in total. The van der Waals surface area contributed by atoms with Crippen molar-refractivity contribution in [3.05, 3.63) is 48.4 Å². The molecule has 2 saturated heterocycles. The molecule has 2 fully saturated rings. The molecule has 0 amide bonds. The molecule has 1 aromatic carbocycles. The minimum atomic E-state index is -3.49. The fourth-order valence-electron chi connectivity index (χ4n) is 4.83. The van der Waals surface area contributed by atoms with Crippen LogP contribution in [0.3, 0.4) is 0 Å². The van der Waals surface area contributed by atoms with Crippen LogP contribution in [0.15, 0.2) is 47.9 Å². The van der Waals surface area contributed by atoms with Crippen LogP contribution in [0.5, 0.6) is 0 Å². The maximum absolute atomic E-state index is 12.9. The van der Waals surface area contributed by atoms with Crippen LogP contribution in [-0.2, 0) is 17.1 Å². The second kappa shape index (κ2) is 7.04. The molecular weight excluding hydrogens is 360 g/mol. The van der Waals surface area contributed by atoms with Gasteiger partial charge in [-0.1, -0.05) is 30.3 Å². The Bertz CT molecular complexity index is 886. The number of hydrogen-bond donors (Lipinski definition) is 0. The smallest absolute Gasteiger partial charge is 0.262 e. The average molecular weight is 389 g/mol. The molecule has 0 unspecified atom stereocenters. The van der Waals surface area contributed by atoms with E-state index < -0.39 is 10.0 Å². The molecule has 0 saturated carbocycles. The first-order chi connectivity index (χ1) is 12.9. The zero-order valence-electron chi connectivity index (χ0n) is 16.1. The summed E-state index contributed by atoms with van der Waals surface area (Å²) in [6, 6.07) is 10.7. The van der Waals surface area contributed by atoms with Gasteiger partial charge in [-0.15, -0.1) is 0 Å². The van der Waals surface area contributed by atoms with Gasteiger partial charge in [0.25, 0.3) is 10.0 Å². The third-order valence-electron chi connectivity index (χ3n) is 6.16. The maximum Gasteiger partial charge on any atom is 0.262 e. The Kier molecular flexibility index (Phi) is 4.86. The highest BCUT2D eigenvalue weighted by molar-refractivity contribution is 7.89. The molecule has 1 atom stereocenters. The van der Waals surface area contributed by atoms with E-state index in [1.165, 1.54) is 5.56 Å². The van der Waals surface area contributed by atoms with Gasteiger partial charge in [-0.2, -0.15) is 4.31 Å². The van der Waals surface area contributed by atoms with Crippen molar-refractivity contribution in [3.8, 4) is 0 Å². The van der Waals surface area contributed by atoms with Crippen LogP contribution >= 0.6 is 0 Å². The number of piperidine rings is 2. The summed E-state index contributed by atoms with van der Waals surface area (Å²) >= 11 is 0. The number of aromatic nitrogens is 2. The Balaban J connectivity index is 1.49. The fourth-order valence-corrected chi connectivity index (χ4v) is 6.24. The molecule has 4 rings (SSSR count). The van der Waals surface area contributed by atoms with Crippen LogP contribution in [0.1, 0.15) is 30.7 Å². The number of hydrogen-bond acceptors (Lipinski definition) is 4. The SMILES string of the molecule is CN1C[C@@H](c2ccccc2)CC2(CCN(S(=O)(=O)c3cn(C)cn3)CC2)C1. The summed E-state index contributed by atoms with van der Waals surface area (Å²) in [5, 5.41) is 0.156.